The molecule has 1 saturated heterocycles. The maximum absolute atomic E-state index is 12.7. The Balaban J connectivity index is 2.09. The van der Waals surface area contributed by atoms with Crippen LogP contribution >= 0.6 is 0 Å². The fraction of sp³-hybridized carbons (Fsp3) is 0.375. The second kappa shape index (κ2) is 7.17. The lowest BCUT2D eigenvalue weighted by Crippen LogP contribution is -2.40. The van der Waals surface area contributed by atoms with Crippen LogP contribution in [0.25, 0.3) is 0 Å². The molecule has 0 spiro atoms. The summed E-state index contributed by atoms with van der Waals surface area (Å²) in [5, 5.41) is 11.6. The van der Waals surface area contributed by atoms with Gasteiger partial charge in [-0.15, -0.1) is 0 Å². The van der Waals surface area contributed by atoms with Crippen LogP contribution in [0.3, 0.4) is 0 Å². The van der Waals surface area contributed by atoms with Gasteiger partial charge in [-0.3, -0.25) is 9.59 Å². The molecule has 1 aliphatic rings. The number of rotatable bonds is 4. The highest BCUT2D eigenvalue weighted by Crippen LogP contribution is 2.20. The van der Waals surface area contributed by atoms with Gasteiger partial charge >= 0.3 is 0 Å². The summed E-state index contributed by atoms with van der Waals surface area (Å²) in [7, 11) is 0. The number of aliphatic hydroxyl groups is 1. The molecule has 0 saturated carbocycles. The van der Waals surface area contributed by atoms with E-state index in [9.17, 15) is 19.1 Å². The van der Waals surface area contributed by atoms with Crippen molar-refractivity contribution in [2.45, 2.75) is 12.8 Å². The molecule has 1 aromatic rings. The van der Waals surface area contributed by atoms with E-state index < -0.39 is 11.7 Å². The fourth-order valence-electron chi connectivity index (χ4n) is 2.51. The number of benzene rings is 1. The third-order valence-electron chi connectivity index (χ3n) is 3.68. The average Bonchev–Trinajstić information content (AvgIpc) is 2.54. The second-order valence-electron chi connectivity index (χ2n) is 5.38. The van der Waals surface area contributed by atoms with Crippen molar-refractivity contribution in [2.24, 2.45) is 5.92 Å². The number of piperidine rings is 1. The Hall–Kier alpha value is -2.21. The molecule has 1 fully saturated rings. The number of likely N-dealkylation sites (tertiary alicyclic amines) is 1. The Kier molecular flexibility index (Phi) is 5.27. The highest BCUT2D eigenvalue weighted by Gasteiger charge is 2.24. The molecule has 0 radical (unpaired) electrons. The molecule has 0 aliphatic carbocycles. The molecule has 1 atom stereocenters. The largest absolute Gasteiger partial charge is 0.396 e. The Morgan fingerprint density at radius 3 is 2.91 bits per heavy atom. The number of anilines is 1. The first-order chi connectivity index (χ1) is 10.5. The number of carbonyl (C=O) groups is 2. The lowest BCUT2D eigenvalue weighted by molar-refractivity contribution is -0.114. The Labute approximate surface area is 128 Å². The molecular formula is C16H19FN2O3. The molecule has 1 aliphatic heterocycles. The first-order valence-corrected chi connectivity index (χ1v) is 7.17. The lowest BCUT2D eigenvalue weighted by atomic mass is 9.98. The van der Waals surface area contributed by atoms with Gasteiger partial charge in [0.05, 0.1) is 0 Å². The predicted octanol–water partition coefficient (Wildman–Crippen LogP) is 1.95. The van der Waals surface area contributed by atoms with Crippen LogP contribution in [-0.4, -0.2) is 41.5 Å². The Morgan fingerprint density at radius 2 is 2.23 bits per heavy atom. The third-order valence-corrected chi connectivity index (χ3v) is 3.68. The zero-order chi connectivity index (χ0) is 16.1. The van der Waals surface area contributed by atoms with Crippen LogP contribution in [0.2, 0.25) is 0 Å². The second-order valence-corrected chi connectivity index (χ2v) is 5.38. The van der Waals surface area contributed by atoms with Crippen molar-refractivity contribution < 1.29 is 19.1 Å². The van der Waals surface area contributed by atoms with E-state index in [2.05, 4.69) is 11.9 Å². The summed E-state index contributed by atoms with van der Waals surface area (Å²) in [5.74, 6) is -2.06. The van der Waals surface area contributed by atoms with Crippen molar-refractivity contribution in [3.63, 3.8) is 0 Å². The molecule has 2 N–H and O–H groups in total. The highest BCUT2D eigenvalue weighted by molar-refractivity contribution is 6.02. The van der Waals surface area contributed by atoms with Crippen LogP contribution in [0, 0.1) is 5.92 Å². The first-order valence-electron chi connectivity index (χ1n) is 7.17. The van der Waals surface area contributed by atoms with Gasteiger partial charge in [0, 0.05) is 30.9 Å². The summed E-state index contributed by atoms with van der Waals surface area (Å²) in [4.78, 5) is 25.4. The van der Waals surface area contributed by atoms with E-state index in [0.29, 0.717) is 24.3 Å². The molecular weight excluding hydrogens is 287 g/mol. The SMILES string of the molecule is C=C(F)C(=O)Nc1cccc(C(=O)N2CCCC(CO)C2)c1. The van der Waals surface area contributed by atoms with E-state index in [4.69, 9.17) is 0 Å². The van der Waals surface area contributed by atoms with Gasteiger partial charge in [0.1, 0.15) is 0 Å². The molecule has 22 heavy (non-hydrogen) atoms. The first kappa shape index (κ1) is 16.2. The van der Waals surface area contributed by atoms with Gasteiger partial charge in [-0.1, -0.05) is 12.6 Å². The van der Waals surface area contributed by atoms with Crippen LogP contribution < -0.4 is 5.32 Å². The quantitative estimate of drug-likeness (QED) is 0.835. The zero-order valence-corrected chi connectivity index (χ0v) is 12.2. The number of hydrogen-bond donors (Lipinski definition) is 2. The smallest absolute Gasteiger partial charge is 0.283 e. The minimum Gasteiger partial charge on any atom is -0.396 e. The van der Waals surface area contributed by atoms with E-state index in [-0.39, 0.29) is 18.4 Å². The van der Waals surface area contributed by atoms with Gasteiger partial charge in [-0.25, -0.2) is 4.39 Å². The summed E-state index contributed by atoms with van der Waals surface area (Å²) >= 11 is 0. The number of nitrogens with zero attached hydrogens (tertiary/aromatic N) is 1. The predicted molar refractivity (Wildman–Crippen MR) is 81.0 cm³/mol. The van der Waals surface area contributed by atoms with Crippen LogP contribution in [0.4, 0.5) is 10.1 Å². The number of amides is 2. The number of hydrogen-bond acceptors (Lipinski definition) is 3. The topological polar surface area (TPSA) is 69.6 Å². The molecule has 2 rings (SSSR count). The molecule has 118 valence electrons. The van der Waals surface area contributed by atoms with Crippen LogP contribution in [-0.2, 0) is 4.79 Å². The highest BCUT2D eigenvalue weighted by atomic mass is 19.1. The minimum atomic E-state index is -1.08. The Bertz CT molecular complexity index is 589. The summed E-state index contributed by atoms with van der Waals surface area (Å²) in [6.45, 7) is 4.16. The van der Waals surface area contributed by atoms with Gasteiger partial charge < -0.3 is 15.3 Å². The van der Waals surface area contributed by atoms with Gasteiger partial charge in [0.2, 0.25) is 0 Å². The molecule has 0 bridgehead atoms. The Morgan fingerprint density at radius 1 is 1.45 bits per heavy atom. The van der Waals surface area contributed by atoms with Gasteiger partial charge in [0.15, 0.2) is 5.83 Å². The van der Waals surface area contributed by atoms with Crippen LogP contribution in [0.1, 0.15) is 23.2 Å². The van der Waals surface area contributed by atoms with Crippen molar-refractivity contribution in [2.75, 3.05) is 25.0 Å². The van der Waals surface area contributed by atoms with E-state index in [0.717, 1.165) is 12.8 Å². The van der Waals surface area contributed by atoms with Crippen molar-refractivity contribution in [1.29, 1.82) is 0 Å². The zero-order valence-electron chi connectivity index (χ0n) is 12.2. The number of halogens is 1. The molecule has 5 nitrogen and oxygen atoms in total. The van der Waals surface area contributed by atoms with E-state index in [1.54, 1.807) is 23.1 Å². The molecule has 0 aromatic heterocycles. The van der Waals surface area contributed by atoms with E-state index in [1.807, 2.05) is 0 Å². The summed E-state index contributed by atoms with van der Waals surface area (Å²) in [5.41, 5.74) is 0.756. The monoisotopic (exact) mass is 306 g/mol. The maximum atomic E-state index is 12.7. The van der Waals surface area contributed by atoms with E-state index >= 15 is 0 Å². The summed E-state index contributed by atoms with van der Waals surface area (Å²) in [6.07, 6.45) is 1.77. The van der Waals surface area contributed by atoms with Crippen LogP contribution in [0.5, 0.6) is 0 Å². The third kappa shape index (κ3) is 3.92. The van der Waals surface area contributed by atoms with Crippen molar-refractivity contribution in [3.05, 3.63) is 42.2 Å². The molecule has 1 aromatic carbocycles. The van der Waals surface area contributed by atoms with E-state index in [1.165, 1.54) is 6.07 Å². The maximum Gasteiger partial charge on any atom is 0.283 e. The standard InChI is InChI=1S/C16H19FN2O3/c1-11(17)15(21)18-14-6-2-5-13(8-14)16(22)19-7-3-4-12(9-19)10-20/h2,5-6,8,12,20H,1,3-4,7,9-10H2,(H,18,21). The van der Waals surface area contributed by atoms with Crippen molar-refractivity contribution in [1.82, 2.24) is 4.90 Å². The summed E-state index contributed by atoms with van der Waals surface area (Å²) < 4.78 is 12.7. The van der Waals surface area contributed by atoms with Gasteiger partial charge in [-0.2, -0.15) is 0 Å². The normalized spacial score (nSPS) is 17.9. The molecule has 6 heteroatoms. The van der Waals surface area contributed by atoms with Gasteiger partial charge in [0.25, 0.3) is 11.8 Å². The van der Waals surface area contributed by atoms with Gasteiger partial charge in [-0.05, 0) is 37.0 Å². The average molecular weight is 306 g/mol. The number of aliphatic hydroxyl groups excluding tert-OH is 1. The lowest BCUT2D eigenvalue weighted by Gasteiger charge is -2.32. The minimum absolute atomic E-state index is 0.0679. The number of nitrogens with one attached hydrogen (secondary N) is 1. The molecule has 1 unspecified atom stereocenters. The molecule has 1 heterocycles. The number of carbonyl (C=O) groups excluding carboxylic acids is 2. The van der Waals surface area contributed by atoms with Crippen molar-refractivity contribution in [3.8, 4) is 0 Å². The van der Waals surface area contributed by atoms with Crippen LogP contribution in [0.15, 0.2) is 36.7 Å². The fourth-order valence-corrected chi connectivity index (χ4v) is 2.51. The summed E-state index contributed by atoms with van der Waals surface area (Å²) in [6, 6.07) is 6.35. The molecule has 2 amide bonds. The van der Waals surface area contributed by atoms with Crippen molar-refractivity contribution >= 4 is 17.5 Å².